The van der Waals surface area contributed by atoms with Crippen LogP contribution in [0.15, 0.2) is 22.7 Å². The summed E-state index contributed by atoms with van der Waals surface area (Å²) >= 11 is 6.52. The Bertz CT molecular complexity index is 409. The van der Waals surface area contributed by atoms with Gasteiger partial charge in [0.25, 0.3) is 5.91 Å². The number of rotatable bonds is 6. The molecule has 3 nitrogen and oxygen atoms in total. The standard InChI is InChI=1S/C12H14Br2FNO2/c1-18-7-9(4-5-13)16-12(17)10-6-8(14)2-3-11(10)15/h2-3,6,9H,4-5,7H2,1H3,(H,16,17). The summed E-state index contributed by atoms with van der Waals surface area (Å²) in [6.45, 7) is 0.396. The van der Waals surface area contributed by atoms with Crippen LogP contribution in [0.5, 0.6) is 0 Å². The lowest BCUT2D eigenvalue weighted by molar-refractivity contribution is 0.0891. The molecule has 1 aromatic carbocycles. The summed E-state index contributed by atoms with van der Waals surface area (Å²) in [4.78, 5) is 11.9. The number of carbonyl (C=O) groups is 1. The molecule has 1 unspecified atom stereocenters. The number of carbonyl (C=O) groups excluding carboxylic acids is 1. The predicted octanol–water partition coefficient (Wildman–Crippen LogP) is 3.12. The number of benzene rings is 1. The number of methoxy groups -OCH3 is 1. The molecular weight excluding hydrogens is 369 g/mol. The maximum Gasteiger partial charge on any atom is 0.254 e. The minimum Gasteiger partial charge on any atom is -0.383 e. The second-order valence-corrected chi connectivity index (χ2v) is 5.44. The summed E-state index contributed by atoms with van der Waals surface area (Å²) < 4.78 is 19.2. The van der Waals surface area contributed by atoms with Crippen LogP contribution in [0.3, 0.4) is 0 Å². The SMILES string of the molecule is COCC(CCBr)NC(=O)c1cc(Br)ccc1F. The number of amides is 1. The van der Waals surface area contributed by atoms with Gasteiger partial charge in [0.15, 0.2) is 0 Å². The molecule has 0 saturated heterocycles. The Kier molecular flexibility index (Phi) is 6.81. The Morgan fingerprint density at radius 2 is 2.28 bits per heavy atom. The molecule has 6 heteroatoms. The molecule has 0 aromatic heterocycles. The monoisotopic (exact) mass is 381 g/mol. The fourth-order valence-electron chi connectivity index (χ4n) is 1.46. The highest BCUT2D eigenvalue weighted by Crippen LogP contribution is 2.15. The average Bonchev–Trinajstić information content (AvgIpc) is 2.33. The molecule has 1 N–H and O–H groups in total. The molecule has 100 valence electrons. The van der Waals surface area contributed by atoms with Gasteiger partial charge in [-0.15, -0.1) is 0 Å². The molecule has 0 aliphatic carbocycles. The van der Waals surface area contributed by atoms with E-state index in [-0.39, 0.29) is 11.6 Å². The van der Waals surface area contributed by atoms with Gasteiger partial charge in [-0.1, -0.05) is 31.9 Å². The largest absolute Gasteiger partial charge is 0.383 e. The summed E-state index contributed by atoms with van der Waals surface area (Å²) in [5.41, 5.74) is 0.0278. The van der Waals surface area contributed by atoms with E-state index < -0.39 is 11.7 Å². The van der Waals surface area contributed by atoms with Crippen LogP contribution in [0.25, 0.3) is 0 Å². The first kappa shape index (κ1) is 15.6. The number of alkyl halides is 1. The number of halogens is 3. The first-order valence-electron chi connectivity index (χ1n) is 5.39. The molecule has 0 bridgehead atoms. The zero-order chi connectivity index (χ0) is 13.5. The van der Waals surface area contributed by atoms with Crippen LogP contribution in [-0.4, -0.2) is 31.0 Å². The normalized spacial score (nSPS) is 12.2. The summed E-state index contributed by atoms with van der Waals surface area (Å²) in [7, 11) is 1.56. The van der Waals surface area contributed by atoms with Gasteiger partial charge in [0.2, 0.25) is 0 Å². The fraction of sp³-hybridized carbons (Fsp3) is 0.417. The maximum atomic E-state index is 13.5. The van der Waals surface area contributed by atoms with E-state index in [1.54, 1.807) is 13.2 Å². The van der Waals surface area contributed by atoms with Gasteiger partial charge in [0.05, 0.1) is 18.2 Å². The second kappa shape index (κ2) is 7.86. The van der Waals surface area contributed by atoms with Gasteiger partial charge in [-0.25, -0.2) is 4.39 Å². The fourth-order valence-corrected chi connectivity index (χ4v) is 2.38. The van der Waals surface area contributed by atoms with Gasteiger partial charge in [-0.05, 0) is 24.6 Å². The van der Waals surface area contributed by atoms with Crippen molar-refractivity contribution in [3.63, 3.8) is 0 Å². The van der Waals surface area contributed by atoms with Crippen molar-refractivity contribution < 1.29 is 13.9 Å². The van der Waals surface area contributed by atoms with Crippen molar-refractivity contribution in [2.75, 3.05) is 19.0 Å². The zero-order valence-electron chi connectivity index (χ0n) is 9.88. The minimum absolute atomic E-state index is 0.0278. The van der Waals surface area contributed by atoms with Crippen molar-refractivity contribution in [1.29, 1.82) is 0 Å². The van der Waals surface area contributed by atoms with Gasteiger partial charge in [-0.3, -0.25) is 4.79 Å². The summed E-state index contributed by atoms with van der Waals surface area (Å²) in [6.07, 6.45) is 0.717. The molecule has 18 heavy (non-hydrogen) atoms. The first-order valence-corrected chi connectivity index (χ1v) is 7.30. The lowest BCUT2D eigenvalue weighted by atomic mass is 10.1. The molecule has 0 aliphatic heterocycles. The Morgan fingerprint density at radius 3 is 2.89 bits per heavy atom. The van der Waals surface area contributed by atoms with Gasteiger partial charge in [-0.2, -0.15) is 0 Å². The molecule has 0 aliphatic rings. The Hall–Kier alpha value is -0.460. The van der Waals surface area contributed by atoms with Crippen LogP contribution in [0.4, 0.5) is 4.39 Å². The summed E-state index contributed by atoms with van der Waals surface area (Å²) in [5, 5.41) is 3.49. The minimum atomic E-state index is -0.536. The third-order valence-corrected chi connectivity index (χ3v) is 3.28. The van der Waals surface area contributed by atoms with E-state index in [0.717, 1.165) is 11.8 Å². The Morgan fingerprint density at radius 1 is 1.56 bits per heavy atom. The van der Waals surface area contributed by atoms with E-state index in [4.69, 9.17) is 4.74 Å². The van der Waals surface area contributed by atoms with Gasteiger partial charge < -0.3 is 10.1 Å². The van der Waals surface area contributed by atoms with Gasteiger partial charge in [0.1, 0.15) is 5.82 Å². The lowest BCUT2D eigenvalue weighted by Crippen LogP contribution is -2.38. The van der Waals surface area contributed by atoms with E-state index in [2.05, 4.69) is 37.2 Å². The van der Waals surface area contributed by atoms with E-state index in [9.17, 15) is 9.18 Å². The van der Waals surface area contributed by atoms with Crippen molar-refractivity contribution in [1.82, 2.24) is 5.32 Å². The predicted molar refractivity (Wildman–Crippen MR) is 75.6 cm³/mol. The van der Waals surface area contributed by atoms with Crippen LogP contribution in [0.2, 0.25) is 0 Å². The molecule has 0 heterocycles. The number of hydrogen-bond donors (Lipinski definition) is 1. The quantitative estimate of drug-likeness (QED) is 0.767. The molecule has 0 fully saturated rings. The van der Waals surface area contributed by atoms with E-state index in [0.29, 0.717) is 11.1 Å². The Balaban J connectivity index is 2.76. The van der Waals surface area contributed by atoms with Gasteiger partial charge >= 0.3 is 0 Å². The lowest BCUT2D eigenvalue weighted by Gasteiger charge is -2.17. The average molecular weight is 383 g/mol. The van der Waals surface area contributed by atoms with Crippen LogP contribution in [-0.2, 0) is 4.74 Å². The zero-order valence-corrected chi connectivity index (χ0v) is 13.1. The topological polar surface area (TPSA) is 38.3 Å². The highest BCUT2D eigenvalue weighted by Gasteiger charge is 2.16. The van der Waals surface area contributed by atoms with E-state index >= 15 is 0 Å². The van der Waals surface area contributed by atoms with Crippen LogP contribution >= 0.6 is 31.9 Å². The molecule has 0 spiro atoms. The smallest absolute Gasteiger partial charge is 0.254 e. The first-order chi connectivity index (χ1) is 8.58. The molecule has 1 rings (SSSR count). The molecule has 1 aromatic rings. The van der Waals surface area contributed by atoms with Crippen molar-refractivity contribution in [2.24, 2.45) is 0 Å². The van der Waals surface area contributed by atoms with Crippen molar-refractivity contribution in [2.45, 2.75) is 12.5 Å². The van der Waals surface area contributed by atoms with Crippen molar-refractivity contribution in [3.8, 4) is 0 Å². The third-order valence-electron chi connectivity index (χ3n) is 2.33. The third kappa shape index (κ3) is 4.66. The molecule has 0 saturated carbocycles. The van der Waals surface area contributed by atoms with Crippen LogP contribution in [0.1, 0.15) is 16.8 Å². The number of hydrogen-bond acceptors (Lipinski definition) is 2. The van der Waals surface area contributed by atoms with E-state index in [1.807, 2.05) is 0 Å². The second-order valence-electron chi connectivity index (χ2n) is 3.73. The highest BCUT2D eigenvalue weighted by molar-refractivity contribution is 9.10. The van der Waals surface area contributed by atoms with Crippen molar-refractivity contribution in [3.05, 3.63) is 34.1 Å². The van der Waals surface area contributed by atoms with Crippen molar-refractivity contribution >= 4 is 37.8 Å². The number of nitrogens with one attached hydrogen (secondary N) is 1. The summed E-state index contributed by atoms with van der Waals surface area (Å²) in [5.74, 6) is -0.970. The summed E-state index contributed by atoms with van der Waals surface area (Å²) in [6, 6.07) is 4.13. The molecule has 1 atom stereocenters. The van der Waals surface area contributed by atoms with E-state index in [1.165, 1.54) is 12.1 Å². The highest BCUT2D eigenvalue weighted by atomic mass is 79.9. The molecule has 1 amide bonds. The number of ether oxygens (including phenoxy) is 1. The molecule has 0 radical (unpaired) electrons. The van der Waals surface area contributed by atoms with Crippen LogP contribution < -0.4 is 5.32 Å². The van der Waals surface area contributed by atoms with Crippen LogP contribution in [0, 0.1) is 5.82 Å². The Labute approximate surface area is 122 Å². The molecular formula is C12H14Br2FNO2. The van der Waals surface area contributed by atoms with Gasteiger partial charge in [0, 0.05) is 16.9 Å². The maximum absolute atomic E-state index is 13.5.